The molecule has 3 aromatic carbocycles. The van der Waals surface area contributed by atoms with E-state index in [0.717, 1.165) is 19.3 Å². The van der Waals surface area contributed by atoms with E-state index in [0.29, 0.717) is 3.67 Å². The molecule has 0 N–H and O–H groups in total. The number of rotatable bonds is 6. The molecule has 5 rings (SSSR count). The van der Waals surface area contributed by atoms with Crippen molar-refractivity contribution in [3.63, 3.8) is 0 Å². The first kappa shape index (κ1) is 27.2. The van der Waals surface area contributed by atoms with Crippen molar-refractivity contribution in [2.45, 2.75) is 75.3 Å². The van der Waals surface area contributed by atoms with Crippen LogP contribution < -0.4 is 3.32 Å². The molecule has 2 aliphatic carbocycles. The van der Waals surface area contributed by atoms with E-state index in [4.69, 9.17) is 0 Å². The maximum atomic E-state index is 4.11. The molecule has 1 heteroatoms. The van der Waals surface area contributed by atoms with Crippen molar-refractivity contribution < 1.29 is 21.0 Å². The van der Waals surface area contributed by atoms with Crippen molar-refractivity contribution in [2.75, 3.05) is 0 Å². The molecule has 194 valence electrons. The first-order valence-corrected chi connectivity index (χ1v) is 19.8. The van der Waals surface area contributed by atoms with Crippen LogP contribution in [0.2, 0.25) is 3.67 Å². The van der Waals surface area contributed by atoms with E-state index in [1.807, 2.05) is 0 Å². The van der Waals surface area contributed by atoms with Gasteiger partial charge in [0.25, 0.3) is 0 Å². The molecule has 38 heavy (non-hydrogen) atoms. The van der Waals surface area contributed by atoms with Gasteiger partial charge in [-0.2, -0.15) is 0 Å². The minimum absolute atomic E-state index is 0.0951. The topological polar surface area (TPSA) is 0 Å². The molecule has 0 aromatic heterocycles. The second-order valence-corrected chi connectivity index (χ2v) is 22.3. The molecular weight excluding hydrogens is 623 g/mol. The summed E-state index contributed by atoms with van der Waals surface area (Å²) < 4.78 is 4.06. The van der Waals surface area contributed by atoms with Crippen LogP contribution in [-0.2, 0) is 38.2 Å². The Labute approximate surface area is 238 Å². The second kappa shape index (κ2) is 10.6. The van der Waals surface area contributed by atoms with Gasteiger partial charge in [-0.1, -0.05) is 0 Å². The Morgan fingerprint density at radius 2 is 1.55 bits per heavy atom. The number of allylic oxidation sites excluding steroid dienone is 5. The number of benzene rings is 3. The summed E-state index contributed by atoms with van der Waals surface area (Å²) in [7, 11) is 0. The van der Waals surface area contributed by atoms with Crippen molar-refractivity contribution in [3.8, 4) is 11.1 Å². The summed E-state index contributed by atoms with van der Waals surface area (Å²) in [5, 5.41) is 0. The summed E-state index contributed by atoms with van der Waals surface area (Å²) in [6, 6.07) is 23.5. The van der Waals surface area contributed by atoms with Gasteiger partial charge in [-0.25, -0.2) is 0 Å². The predicted octanol–water partition coefficient (Wildman–Crippen LogP) is 9.20. The van der Waals surface area contributed by atoms with Crippen LogP contribution in [0.5, 0.6) is 0 Å². The summed E-state index contributed by atoms with van der Waals surface area (Å²) in [5.74, 6) is 0. The molecule has 3 aromatic rings. The van der Waals surface area contributed by atoms with Crippen LogP contribution in [0.1, 0.15) is 82.2 Å². The van der Waals surface area contributed by atoms with E-state index in [1.54, 1.807) is 17.7 Å². The van der Waals surface area contributed by atoms with Gasteiger partial charge in [0.2, 0.25) is 0 Å². The first-order chi connectivity index (χ1) is 18.1. The zero-order chi connectivity index (χ0) is 27.1. The third-order valence-corrected chi connectivity index (χ3v) is 20.2. The van der Waals surface area contributed by atoms with E-state index in [-0.39, 0.29) is 10.8 Å². The molecular formula is C37H42Hf. The van der Waals surface area contributed by atoms with Crippen LogP contribution >= 0.6 is 0 Å². The molecule has 0 aliphatic heterocycles. The van der Waals surface area contributed by atoms with Gasteiger partial charge in [-0.15, -0.1) is 0 Å². The van der Waals surface area contributed by atoms with Crippen molar-refractivity contribution in [2.24, 2.45) is 0 Å². The molecule has 0 saturated heterocycles. The molecule has 0 saturated carbocycles. The van der Waals surface area contributed by atoms with Crippen molar-refractivity contribution in [1.29, 1.82) is 0 Å². The Morgan fingerprint density at radius 1 is 0.868 bits per heavy atom. The fraction of sp³-hybridized carbons (Fsp3) is 0.324. The summed E-state index contributed by atoms with van der Waals surface area (Å²) in [4.78, 5) is 0. The molecule has 0 fully saturated rings. The average molecular weight is 665 g/mol. The maximum absolute atomic E-state index is 4.11. The van der Waals surface area contributed by atoms with Gasteiger partial charge in [0.1, 0.15) is 0 Å². The third-order valence-electron chi connectivity index (χ3n) is 8.15. The van der Waals surface area contributed by atoms with E-state index in [2.05, 4.69) is 139 Å². The SMILES string of the molecule is C=CCC[C](c1ccccc1)=[Hf]([c]1c(C(C)(C)C)ccc2c1Cc1cc(C(C)(C)C)ccc1-2)[CH]1C=CC=C1. The molecule has 0 nitrogen and oxygen atoms in total. The van der Waals surface area contributed by atoms with Crippen LogP contribution in [0.25, 0.3) is 11.1 Å². The fourth-order valence-corrected chi connectivity index (χ4v) is 19.9. The quantitative estimate of drug-likeness (QED) is 0.142. The average Bonchev–Trinajstić information content (AvgIpc) is 3.53. The minimum atomic E-state index is -2.73. The zero-order valence-corrected chi connectivity index (χ0v) is 27.7. The number of fused-ring (bicyclic) bond motifs is 3. The molecule has 0 bridgehead atoms. The molecule has 0 unspecified atom stereocenters. The van der Waals surface area contributed by atoms with E-state index >= 15 is 0 Å². The molecule has 0 radical (unpaired) electrons. The van der Waals surface area contributed by atoms with Crippen LogP contribution in [0, 0.1) is 0 Å². The zero-order valence-electron chi connectivity index (χ0n) is 24.1. The third kappa shape index (κ3) is 5.24. The van der Waals surface area contributed by atoms with E-state index in [9.17, 15) is 0 Å². The fourth-order valence-electron chi connectivity index (χ4n) is 6.14. The Balaban J connectivity index is 1.83. The van der Waals surface area contributed by atoms with Gasteiger partial charge in [0.15, 0.2) is 0 Å². The van der Waals surface area contributed by atoms with E-state index in [1.165, 1.54) is 27.8 Å². The standard InChI is InChI=1S/C21H25.C11H12.C5H5.Hf/c1-20(2,3)16-7-9-18-14(12-16)11-15-13-17(21(4,5)6)8-10-19(15)18;1-2-3-5-8-11-9-6-4-7-10-11;1-2-4-5-3-1;/h7-10,12H,11H2,1-6H3;2,4,6-7,9-10H,1,3,5H2;1-5H;. The predicted molar refractivity (Wildman–Crippen MR) is 164 cm³/mol. The van der Waals surface area contributed by atoms with Gasteiger partial charge in [0, 0.05) is 0 Å². The summed E-state index contributed by atoms with van der Waals surface area (Å²) in [5.41, 5.74) is 10.8. The summed E-state index contributed by atoms with van der Waals surface area (Å²) in [6.45, 7) is 18.3. The van der Waals surface area contributed by atoms with Crippen molar-refractivity contribution >= 4 is 6.58 Å². The summed E-state index contributed by atoms with van der Waals surface area (Å²) in [6.07, 6.45) is 14.9. The Kier molecular flexibility index (Phi) is 7.62. The molecule has 0 spiro atoms. The monoisotopic (exact) mass is 666 g/mol. The molecule has 0 heterocycles. The second-order valence-electron chi connectivity index (χ2n) is 12.9. The molecule has 0 amide bonds. The first-order valence-electron chi connectivity index (χ1n) is 14.1. The molecule has 2 aliphatic rings. The van der Waals surface area contributed by atoms with Gasteiger partial charge in [-0.3, -0.25) is 0 Å². The van der Waals surface area contributed by atoms with Crippen LogP contribution in [0.4, 0.5) is 0 Å². The van der Waals surface area contributed by atoms with Gasteiger partial charge in [0.05, 0.1) is 0 Å². The van der Waals surface area contributed by atoms with Gasteiger partial charge in [-0.05, 0) is 0 Å². The van der Waals surface area contributed by atoms with Crippen LogP contribution in [-0.4, -0.2) is 3.26 Å². The van der Waals surface area contributed by atoms with Gasteiger partial charge >= 0.3 is 239 Å². The Bertz CT molecular complexity index is 1440. The Hall–Kier alpha value is -2.38. The summed E-state index contributed by atoms with van der Waals surface area (Å²) >= 11 is -2.73. The van der Waals surface area contributed by atoms with Gasteiger partial charge < -0.3 is 0 Å². The molecule has 0 atom stereocenters. The Morgan fingerprint density at radius 3 is 2.18 bits per heavy atom. The van der Waals surface area contributed by atoms with Crippen molar-refractivity contribution in [3.05, 3.63) is 125 Å². The number of hydrogen-bond donors (Lipinski definition) is 0. The normalized spacial score (nSPS) is 15.4. The number of hydrogen-bond acceptors (Lipinski definition) is 0. The van der Waals surface area contributed by atoms with Crippen LogP contribution in [0.3, 0.4) is 0 Å². The van der Waals surface area contributed by atoms with E-state index < -0.39 is 21.0 Å². The van der Waals surface area contributed by atoms with Crippen molar-refractivity contribution in [1.82, 2.24) is 0 Å². The van der Waals surface area contributed by atoms with Crippen LogP contribution in [0.15, 0.2) is 97.6 Å².